The van der Waals surface area contributed by atoms with Gasteiger partial charge in [0.25, 0.3) is 0 Å². The molecule has 3 aliphatic rings. The van der Waals surface area contributed by atoms with Gasteiger partial charge < -0.3 is 15.0 Å². The van der Waals surface area contributed by atoms with Crippen LogP contribution in [0.3, 0.4) is 0 Å². The van der Waals surface area contributed by atoms with Gasteiger partial charge in [-0.3, -0.25) is 14.6 Å². The summed E-state index contributed by atoms with van der Waals surface area (Å²) in [5.74, 6) is 0.0385. The molecule has 0 bridgehead atoms. The number of rotatable bonds is 5. The maximum atomic E-state index is 13.3. The second-order valence-corrected chi connectivity index (χ2v) is 11.0. The van der Waals surface area contributed by atoms with Gasteiger partial charge in [-0.15, -0.1) is 0 Å². The Morgan fingerprint density at radius 3 is 2.39 bits per heavy atom. The van der Waals surface area contributed by atoms with Crippen molar-refractivity contribution in [1.82, 2.24) is 9.80 Å². The molecule has 1 aromatic carbocycles. The van der Waals surface area contributed by atoms with E-state index in [2.05, 4.69) is 10.2 Å². The number of carbonyl (C=O) groups is 1. The van der Waals surface area contributed by atoms with Gasteiger partial charge in [-0.25, -0.2) is 8.42 Å². The number of halogens is 3. The normalized spacial score (nSPS) is 24.7. The summed E-state index contributed by atoms with van der Waals surface area (Å²) in [7, 11) is -2.95. The van der Waals surface area contributed by atoms with Crippen molar-refractivity contribution < 1.29 is 31.1 Å². The first-order valence-corrected chi connectivity index (χ1v) is 12.9. The maximum Gasteiger partial charge on any atom is 0.416 e. The topological polar surface area (TPSA) is 82.2 Å². The average Bonchev–Trinajstić information content (AvgIpc) is 3.14. The molecule has 0 aliphatic carbocycles. The minimum absolute atomic E-state index is 0.0344. The van der Waals surface area contributed by atoms with Crippen molar-refractivity contribution in [3.05, 3.63) is 23.8 Å². The molecular weight excluding hydrogens is 461 g/mol. The summed E-state index contributed by atoms with van der Waals surface area (Å²) >= 11 is 0. The number of carbonyl (C=O) groups excluding carboxylic acids is 1. The molecule has 0 unspecified atom stereocenters. The van der Waals surface area contributed by atoms with Crippen LogP contribution in [0.4, 0.5) is 24.5 Å². The van der Waals surface area contributed by atoms with Crippen molar-refractivity contribution >= 4 is 27.1 Å². The molecule has 0 radical (unpaired) electrons. The quantitative estimate of drug-likeness (QED) is 0.666. The van der Waals surface area contributed by atoms with Crippen LogP contribution in [0.2, 0.25) is 0 Å². The SMILES string of the molecule is O=C(CN1CCN([C@H]2CCS(=O)(=O)C2)CC1)Nc1cc(C(F)(F)F)ccc1N1CCOCC1. The van der Waals surface area contributed by atoms with Crippen LogP contribution in [-0.2, 0) is 25.5 Å². The zero-order valence-electron chi connectivity index (χ0n) is 18.3. The van der Waals surface area contributed by atoms with Gasteiger partial charge in [0.15, 0.2) is 9.84 Å². The van der Waals surface area contributed by atoms with Crippen molar-refractivity contribution in [3.63, 3.8) is 0 Å². The molecule has 0 aromatic heterocycles. The molecule has 3 saturated heterocycles. The number of nitrogens with zero attached hydrogens (tertiary/aromatic N) is 3. The van der Waals surface area contributed by atoms with E-state index in [0.29, 0.717) is 64.6 Å². The minimum atomic E-state index is -4.51. The minimum Gasteiger partial charge on any atom is -0.378 e. The molecule has 1 aromatic rings. The molecule has 1 atom stereocenters. The highest BCUT2D eigenvalue weighted by molar-refractivity contribution is 7.91. The third-order valence-electron chi connectivity index (χ3n) is 6.45. The third-order valence-corrected chi connectivity index (χ3v) is 8.20. The van der Waals surface area contributed by atoms with E-state index in [1.54, 1.807) is 0 Å². The lowest BCUT2D eigenvalue weighted by molar-refractivity contribution is -0.137. The Hall–Kier alpha value is -1.89. The number of alkyl halides is 3. The Bertz CT molecular complexity index is 959. The highest BCUT2D eigenvalue weighted by atomic mass is 32.2. The van der Waals surface area contributed by atoms with Gasteiger partial charge >= 0.3 is 6.18 Å². The molecule has 4 rings (SSSR count). The number of amides is 1. The van der Waals surface area contributed by atoms with Gasteiger partial charge in [0.05, 0.1) is 48.2 Å². The number of ether oxygens (including phenoxy) is 1. The summed E-state index contributed by atoms with van der Waals surface area (Å²) in [5.41, 5.74) is -0.117. The molecule has 1 amide bonds. The van der Waals surface area contributed by atoms with E-state index in [1.807, 2.05) is 9.80 Å². The molecule has 12 heteroatoms. The van der Waals surface area contributed by atoms with Crippen LogP contribution < -0.4 is 10.2 Å². The van der Waals surface area contributed by atoms with E-state index < -0.39 is 21.6 Å². The molecule has 3 heterocycles. The lowest BCUT2D eigenvalue weighted by atomic mass is 10.1. The van der Waals surface area contributed by atoms with Crippen LogP contribution in [-0.4, -0.2) is 101 Å². The Morgan fingerprint density at radius 2 is 1.79 bits per heavy atom. The first kappa shape index (κ1) is 24.2. The largest absolute Gasteiger partial charge is 0.416 e. The monoisotopic (exact) mass is 490 g/mol. The van der Waals surface area contributed by atoms with Gasteiger partial charge in [0.2, 0.25) is 5.91 Å². The molecule has 184 valence electrons. The molecule has 3 aliphatic heterocycles. The second-order valence-electron chi connectivity index (χ2n) is 8.75. The van der Waals surface area contributed by atoms with E-state index in [-0.39, 0.29) is 35.7 Å². The Labute approximate surface area is 191 Å². The zero-order valence-corrected chi connectivity index (χ0v) is 19.1. The summed E-state index contributed by atoms with van der Waals surface area (Å²) < 4.78 is 68.6. The summed E-state index contributed by atoms with van der Waals surface area (Å²) in [6.45, 7) is 4.61. The molecule has 33 heavy (non-hydrogen) atoms. The molecule has 3 fully saturated rings. The molecule has 0 spiro atoms. The molecule has 1 N–H and O–H groups in total. The van der Waals surface area contributed by atoms with Crippen LogP contribution >= 0.6 is 0 Å². The van der Waals surface area contributed by atoms with Crippen LogP contribution in [0.25, 0.3) is 0 Å². The van der Waals surface area contributed by atoms with Crippen LogP contribution in [0.1, 0.15) is 12.0 Å². The van der Waals surface area contributed by atoms with Crippen molar-refractivity contribution in [3.8, 4) is 0 Å². The average molecular weight is 491 g/mol. The molecule has 8 nitrogen and oxygen atoms in total. The predicted molar refractivity (Wildman–Crippen MR) is 118 cm³/mol. The van der Waals surface area contributed by atoms with Gasteiger partial charge in [-0.2, -0.15) is 13.2 Å². The van der Waals surface area contributed by atoms with E-state index in [0.717, 1.165) is 12.1 Å². The fourth-order valence-electron chi connectivity index (χ4n) is 4.64. The number of benzene rings is 1. The number of nitrogens with one attached hydrogen (secondary N) is 1. The second kappa shape index (κ2) is 9.77. The Morgan fingerprint density at radius 1 is 1.09 bits per heavy atom. The fourth-order valence-corrected chi connectivity index (χ4v) is 6.40. The third kappa shape index (κ3) is 6.17. The number of anilines is 2. The summed E-state index contributed by atoms with van der Waals surface area (Å²) in [4.78, 5) is 18.7. The van der Waals surface area contributed by atoms with Crippen LogP contribution in [0.15, 0.2) is 18.2 Å². The van der Waals surface area contributed by atoms with Crippen LogP contribution in [0.5, 0.6) is 0 Å². The van der Waals surface area contributed by atoms with Crippen molar-refractivity contribution in [2.24, 2.45) is 0 Å². The van der Waals surface area contributed by atoms with Gasteiger partial charge in [-0.1, -0.05) is 0 Å². The molecular formula is C21H29F3N4O4S. The molecule has 0 saturated carbocycles. The first-order valence-electron chi connectivity index (χ1n) is 11.1. The van der Waals surface area contributed by atoms with Gasteiger partial charge in [-0.05, 0) is 24.6 Å². The standard InChI is InChI=1S/C21H29F3N4O4S/c22-21(23,24)16-1-2-19(28-8-10-32-11-9-28)18(13-16)25-20(29)14-26-4-6-27(7-5-26)17-3-12-33(30,31)15-17/h1-2,13,17H,3-12,14-15H2,(H,25,29)/t17-/m0/s1. The van der Waals surface area contributed by atoms with E-state index in [4.69, 9.17) is 4.74 Å². The highest BCUT2D eigenvalue weighted by Crippen LogP contribution is 2.35. The summed E-state index contributed by atoms with van der Waals surface area (Å²) in [5, 5.41) is 2.69. The fraction of sp³-hybridized carbons (Fsp3) is 0.667. The smallest absolute Gasteiger partial charge is 0.378 e. The number of sulfone groups is 1. The number of morpholine rings is 1. The summed E-state index contributed by atoms with van der Waals surface area (Å²) in [6.07, 6.45) is -3.87. The van der Waals surface area contributed by atoms with Crippen molar-refractivity contribution in [1.29, 1.82) is 0 Å². The van der Waals surface area contributed by atoms with E-state index in [9.17, 15) is 26.4 Å². The van der Waals surface area contributed by atoms with Gasteiger partial charge in [0.1, 0.15) is 0 Å². The Balaban J connectivity index is 1.37. The lowest BCUT2D eigenvalue weighted by Crippen LogP contribution is -2.52. The highest BCUT2D eigenvalue weighted by Gasteiger charge is 2.34. The van der Waals surface area contributed by atoms with E-state index >= 15 is 0 Å². The predicted octanol–water partition coefficient (Wildman–Crippen LogP) is 1.29. The number of hydrogen-bond donors (Lipinski definition) is 1. The summed E-state index contributed by atoms with van der Waals surface area (Å²) in [6, 6.07) is 3.45. The van der Waals surface area contributed by atoms with E-state index in [1.165, 1.54) is 6.07 Å². The van der Waals surface area contributed by atoms with Crippen molar-refractivity contribution in [2.45, 2.75) is 18.6 Å². The Kier molecular flexibility index (Phi) is 7.18. The number of hydrogen-bond acceptors (Lipinski definition) is 7. The number of piperazine rings is 1. The van der Waals surface area contributed by atoms with Crippen molar-refractivity contribution in [2.75, 3.05) is 80.7 Å². The zero-order chi connectivity index (χ0) is 23.6. The lowest BCUT2D eigenvalue weighted by Gasteiger charge is -2.37. The van der Waals surface area contributed by atoms with Gasteiger partial charge in [0, 0.05) is 45.3 Å². The first-order chi connectivity index (χ1) is 15.6. The van der Waals surface area contributed by atoms with Crippen LogP contribution in [0, 0.1) is 0 Å². The maximum absolute atomic E-state index is 13.3.